The summed E-state index contributed by atoms with van der Waals surface area (Å²) in [7, 11) is 0. The zero-order valence-corrected chi connectivity index (χ0v) is 12.8. The molecule has 0 rings (SSSR count). The van der Waals surface area contributed by atoms with E-state index in [0.717, 1.165) is 0 Å². The lowest BCUT2D eigenvalue weighted by atomic mass is 10.6. The number of hydrogen-bond donors (Lipinski definition) is 1. The molecule has 0 aliphatic rings. The Labute approximate surface area is 131 Å². The molecule has 0 atom stereocenters. The first-order valence-electron chi connectivity index (χ1n) is 6.91. The van der Waals surface area contributed by atoms with E-state index < -0.39 is 6.03 Å². The fourth-order valence-corrected chi connectivity index (χ4v) is 1.35. The summed E-state index contributed by atoms with van der Waals surface area (Å²) in [5.74, 6) is 0. The van der Waals surface area contributed by atoms with Crippen molar-refractivity contribution in [1.82, 2.24) is 9.80 Å². The van der Waals surface area contributed by atoms with Crippen molar-refractivity contribution >= 4 is 12.4 Å². The molecule has 3 amide bonds. The third-order valence-electron chi connectivity index (χ3n) is 2.59. The van der Waals surface area contributed by atoms with E-state index in [2.05, 4.69) is 13.2 Å². The third kappa shape index (κ3) is 10.8. The van der Waals surface area contributed by atoms with Gasteiger partial charge in [-0.05, 0) is 6.20 Å². The molecule has 0 saturated heterocycles. The van der Waals surface area contributed by atoms with Gasteiger partial charge in [-0.15, -0.1) is 0 Å². The molecule has 0 aromatic carbocycles. The summed E-state index contributed by atoms with van der Waals surface area (Å²) in [4.78, 5) is 24.0. The maximum atomic E-state index is 10.9. The van der Waals surface area contributed by atoms with Crippen LogP contribution < -0.4 is 5.73 Å². The molecule has 2 N–H and O–H groups in total. The van der Waals surface area contributed by atoms with Crippen molar-refractivity contribution < 1.29 is 23.8 Å². The zero-order chi connectivity index (χ0) is 16.6. The SMILES string of the molecule is C=CN(C=O)CCOCCOCCOCCN(C=C)C(N)=O. The van der Waals surface area contributed by atoms with E-state index in [-0.39, 0.29) is 0 Å². The number of nitrogens with two attached hydrogens (primary N) is 1. The van der Waals surface area contributed by atoms with Crippen LogP contribution in [0.3, 0.4) is 0 Å². The molecule has 0 heterocycles. The molecular formula is C14H25N3O5. The lowest BCUT2D eigenvalue weighted by Gasteiger charge is -2.14. The molecule has 8 heteroatoms. The summed E-state index contributed by atoms with van der Waals surface area (Å²) in [6.07, 6.45) is 3.49. The average Bonchev–Trinajstić information content (AvgIpc) is 2.52. The Morgan fingerprint density at radius 2 is 1.41 bits per heavy atom. The standard InChI is InChI=1S/C14H25N3O5/c1-3-16(13-18)5-7-20-9-11-22-12-10-21-8-6-17(4-2)14(15)19/h3-4,13H,1-2,5-12H2,(H2,15,19). The highest BCUT2D eigenvalue weighted by Gasteiger charge is 2.03. The maximum Gasteiger partial charge on any atom is 0.318 e. The van der Waals surface area contributed by atoms with Gasteiger partial charge < -0.3 is 24.8 Å². The summed E-state index contributed by atoms with van der Waals surface area (Å²) in [6, 6.07) is -0.559. The molecule has 0 aromatic heterocycles. The molecule has 0 aliphatic heterocycles. The van der Waals surface area contributed by atoms with Gasteiger partial charge in [0.15, 0.2) is 0 Å². The van der Waals surface area contributed by atoms with Crippen LogP contribution in [0.25, 0.3) is 0 Å². The quantitative estimate of drug-likeness (QED) is 0.343. The highest BCUT2D eigenvalue weighted by Crippen LogP contribution is 1.89. The van der Waals surface area contributed by atoms with E-state index in [9.17, 15) is 9.59 Å². The van der Waals surface area contributed by atoms with E-state index in [1.807, 2.05) is 0 Å². The largest absolute Gasteiger partial charge is 0.377 e. The van der Waals surface area contributed by atoms with Crippen LogP contribution in [0.1, 0.15) is 0 Å². The highest BCUT2D eigenvalue weighted by molar-refractivity contribution is 5.72. The molecule has 22 heavy (non-hydrogen) atoms. The summed E-state index contributed by atoms with van der Waals surface area (Å²) in [5.41, 5.74) is 5.10. The lowest BCUT2D eigenvalue weighted by molar-refractivity contribution is -0.116. The summed E-state index contributed by atoms with van der Waals surface area (Å²) in [6.45, 7) is 10.3. The van der Waals surface area contributed by atoms with Gasteiger partial charge in [0.25, 0.3) is 0 Å². The van der Waals surface area contributed by atoms with Crippen molar-refractivity contribution in [2.45, 2.75) is 0 Å². The molecule has 126 valence electrons. The van der Waals surface area contributed by atoms with Gasteiger partial charge >= 0.3 is 6.03 Å². The van der Waals surface area contributed by atoms with Gasteiger partial charge in [0, 0.05) is 12.7 Å². The van der Waals surface area contributed by atoms with Crippen molar-refractivity contribution in [1.29, 1.82) is 0 Å². The Hall–Kier alpha value is -1.90. The normalized spacial score (nSPS) is 10.0. The average molecular weight is 315 g/mol. The van der Waals surface area contributed by atoms with Crippen LogP contribution in [0.2, 0.25) is 0 Å². The number of ether oxygens (including phenoxy) is 3. The van der Waals surface area contributed by atoms with E-state index >= 15 is 0 Å². The Bertz CT molecular complexity index is 330. The summed E-state index contributed by atoms with van der Waals surface area (Å²) in [5, 5.41) is 0. The van der Waals surface area contributed by atoms with Crippen molar-refractivity contribution in [3.05, 3.63) is 25.6 Å². The smallest absolute Gasteiger partial charge is 0.318 e. The molecule has 0 unspecified atom stereocenters. The molecule has 0 aliphatic carbocycles. The van der Waals surface area contributed by atoms with Crippen LogP contribution in [0.15, 0.2) is 25.6 Å². The van der Waals surface area contributed by atoms with Crippen LogP contribution in [0, 0.1) is 0 Å². The van der Waals surface area contributed by atoms with Crippen LogP contribution in [-0.2, 0) is 19.0 Å². The van der Waals surface area contributed by atoms with Crippen LogP contribution in [-0.4, -0.2) is 75.0 Å². The summed E-state index contributed by atoms with van der Waals surface area (Å²) >= 11 is 0. The monoisotopic (exact) mass is 315 g/mol. The van der Waals surface area contributed by atoms with Gasteiger partial charge in [-0.1, -0.05) is 13.2 Å². The number of rotatable bonds is 15. The minimum atomic E-state index is -0.559. The van der Waals surface area contributed by atoms with Crippen molar-refractivity contribution in [3.8, 4) is 0 Å². The Morgan fingerprint density at radius 3 is 1.82 bits per heavy atom. The Kier molecular flexibility index (Phi) is 12.8. The van der Waals surface area contributed by atoms with Crippen molar-refractivity contribution in [2.75, 3.05) is 52.7 Å². The van der Waals surface area contributed by atoms with Gasteiger partial charge in [-0.25, -0.2) is 4.79 Å². The van der Waals surface area contributed by atoms with Crippen LogP contribution in [0.5, 0.6) is 0 Å². The number of urea groups is 1. The van der Waals surface area contributed by atoms with E-state index in [4.69, 9.17) is 19.9 Å². The molecule has 8 nitrogen and oxygen atoms in total. The fourth-order valence-electron chi connectivity index (χ4n) is 1.35. The van der Waals surface area contributed by atoms with Gasteiger partial charge in [0.1, 0.15) is 0 Å². The van der Waals surface area contributed by atoms with Gasteiger partial charge in [-0.3, -0.25) is 9.69 Å². The number of carbonyl (C=O) groups is 2. The van der Waals surface area contributed by atoms with Gasteiger partial charge in [0.05, 0.1) is 46.2 Å². The minimum absolute atomic E-state index is 0.359. The van der Waals surface area contributed by atoms with Crippen LogP contribution >= 0.6 is 0 Å². The molecule has 0 aromatic rings. The fraction of sp³-hybridized carbons (Fsp3) is 0.571. The number of nitrogens with zero attached hydrogens (tertiary/aromatic N) is 2. The van der Waals surface area contributed by atoms with E-state index in [0.29, 0.717) is 59.1 Å². The predicted octanol–water partition coefficient (Wildman–Crippen LogP) is 0.162. The topological polar surface area (TPSA) is 94.3 Å². The Morgan fingerprint density at radius 1 is 0.909 bits per heavy atom. The first-order chi connectivity index (χ1) is 10.7. The molecular weight excluding hydrogens is 290 g/mol. The van der Waals surface area contributed by atoms with Crippen molar-refractivity contribution in [2.24, 2.45) is 5.73 Å². The van der Waals surface area contributed by atoms with E-state index in [1.165, 1.54) is 22.2 Å². The van der Waals surface area contributed by atoms with Gasteiger partial charge in [0.2, 0.25) is 6.41 Å². The first-order valence-corrected chi connectivity index (χ1v) is 6.91. The number of primary amides is 1. The second kappa shape index (κ2) is 14.1. The molecule has 0 bridgehead atoms. The van der Waals surface area contributed by atoms with Crippen LogP contribution in [0.4, 0.5) is 4.79 Å². The third-order valence-corrected chi connectivity index (χ3v) is 2.59. The number of hydrogen-bond acceptors (Lipinski definition) is 5. The summed E-state index contributed by atoms with van der Waals surface area (Å²) < 4.78 is 15.9. The zero-order valence-electron chi connectivity index (χ0n) is 12.8. The molecule has 0 fully saturated rings. The first kappa shape index (κ1) is 20.1. The lowest BCUT2D eigenvalue weighted by Crippen LogP contribution is -2.33. The minimum Gasteiger partial charge on any atom is -0.377 e. The maximum absolute atomic E-state index is 10.9. The highest BCUT2D eigenvalue weighted by atomic mass is 16.5. The van der Waals surface area contributed by atoms with E-state index in [1.54, 1.807) is 0 Å². The predicted molar refractivity (Wildman–Crippen MR) is 81.9 cm³/mol. The Balaban J connectivity index is 3.30. The molecule has 0 radical (unpaired) electrons. The second-order valence-corrected chi connectivity index (χ2v) is 4.08. The number of amides is 3. The second-order valence-electron chi connectivity index (χ2n) is 4.08. The molecule has 0 spiro atoms. The molecule has 0 saturated carbocycles. The number of carbonyl (C=O) groups excluding carboxylic acids is 2. The van der Waals surface area contributed by atoms with Gasteiger partial charge in [-0.2, -0.15) is 0 Å². The van der Waals surface area contributed by atoms with Crippen molar-refractivity contribution in [3.63, 3.8) is 0 Å².